The average Bonchev–Trinajstić information content (AvgIpc) is 3.41. The minimum atomic E-state index is -3.06. The number of nitrogens with zero attached hydrogens (tertiary/aromatic N) is 5. The fraction of sp³-hybridized carbons (Fsp3) is 0.318. The summed E-state index contributed by atoms with van der Waals surface area (Å²) in [5, 5.41) is 11.6. The van der Waals surface area contributed by atoms with E-state index >= 15 is 0 Å². The molecule has 0 bridgehead atoms. The van der Waals surface area contributed by atoms with Gasteiger partial charge in [-0.1, -0.05) is 12.1 Å². The van der Waals surface area contributed by atoms with Gasteiger partial charge in [0.15, 0.2) is 9.84 Å². The number of nitriles is 1. The molecule has 0 saturated carbocycles. The normalized spacial score (nSPS) is 17.7. The third kappa shape index (κ3) is 7.36. The topological polar surface area (TPSA) is 154 Å². The second-order valence-corrected chi connectivity index (χ2v) is 9.97. The number of carbonyl (C=O) groups is 1. The molecule has 1 atom stereocenters. The largest absolute Gasteiger partial charge is 0.350 e. The quantitative estimate of drug-likeness (QED) is 0.268. The number of sulfone groups is 1. The number of aromatic nitrogens is 2. The van der Waals surface area contributed by atoms with Crippen molar-refractivity contribution in [2.45, 2.75) is 25.9 Å². The zero-order valence-corrected chi connectivity index (χ0v) is 19.5. The molecule has 0 aliphatic carbocycles. The molecular weight excluding hydrogens is 456 g/mol. The first kappa shape index (κ1) is 24.8. The Morgan fingerprint density at radius 1 is 1.38 bits per heavy atom. The molecule has 1 aliphatic heterocycles. The van der Waals surface area contributed by atoms with Crippen LogP contribution >= 0.6 is 0 Å². The standard InChI is InChI=1S/C22H26N8O3S/c1-16-13-30(15-27-16)21(24-2)9-20(29-28-19-7-8-34(32,33)14-19)25-12-22(31)26-11-18-5-3-17(10-23)4-6-18/h3-6,9,13,15,19,28H,2,7-8,11-12,14H2,1H3,(H,25,29)(H,26,31)/b21-9+. The molecule has 1 amide bonds. The summed E-state index contributed by atoms with van der Waals surface area (Å²) in [6.45, 7) is 5.54. The van der Waals surface area contributed by atoms with Crippen LogP contribution in [0.5, 0.6) is 0 Å². The highest BCUT2D eigenvalue weighted by Gasteiger charge is 2.27. The first-order valence-electron chi connectivity index (χ1n) is 10.5. The number of hydrazine groups is 1. The number of carbonyl (C=O) groups excluding carboxylic acids is 1. The van der Waals surface area contributed by atoms with Crippen LogP contribution in [0.2, 0.25) is 0 Å². The first-order valence-corrected chi connectivity index (χ1v) is 12.3. The van der Waals surface area contributed by atoms with Crippen molar-refractivity contribution in [3.05, 3.63) is 59.7 Å². The maximum absolute atomic E-state index is 12.3. The smallest absolute Gasteiger partial charge is 0.242 e. The third-order valence-electron chi connectivity index (χ3n) is 5.01. The number of rotatable bonds is 9. The summed E-state index contributed by atoms with van der Waals surface area (Å²) in [7, 11) is -3.06. The van der Waals surface area contributed by atoms with Gasteiger partial charge in [0.2, 0.25) is 5.91 Å². The molecule has 1 aliphatic rings. The molecule has 2 heterocycles. The van der Waals surface area contributed by atoms with Crippen molar-refractivity contribution < 1.29 is 13.2 Å². The molecule has 178 valence electrons. The lowest BCUT2D eigenvalue weighted by molar-refractivity contribution is -0.119. The van der Waals surface area contributed by atoms with Crippen LogP contribution < -0.4 is 16.2 Å². The van der Waals surface area contributed by atoms with Crippen LogP contribution in [-0.2, 0) is 21.2 Å². The van der Waals surface area contributed by atoms with Gasteiger partial charge >= 0.3 is 0 Å². The molecular formula is C22H26N8O3S. The van der Waals surface area contributed by atoms with E-state index in [9.17, 15) is 13.2 Å². The van der Waals surface area contributed by atoms with Crippen molar-refractivity contribution in [3.8, 4) is 6.07 Å². The summed E-state index contributed by atoms with van der Waals surface area (Å²) >= 11 is 0. The molecule has 1 fully saturated rings. The van der Waals surface area contributed by atoms with Gasteiger partial charge in [-0.05, 0) is 37.8 Å². The van der Waals surface area contributed by atoms with Gasteiger partial charge in [0.1, 0.15) is 24.5 Å². The number of nitrogens with one attached hydrogen (secondary N) is 3. The number of hydrogen-bond acceptors (Lipinski definition) is 8. The molecule has 0 radical (unpaired) electrons. The molecule has 11 nitrogen and oxygen atoms in total. The predicted octanol–water partition coefficient (Wildman–Crippen LogP) is 0.558. The van der Waals surface area contributed by atoms with Crippen molar-refractivity contribution in [1.82, 2.24) is 25.7 Å². The summed E-state index contributed by atoms with van der Waals surface area (Å²) in [6, 6.07) is 8.68. The van der Waals surface area contributed by atoms with E-state index in [1.165, 1.54) is 0 Å². The maximum atomic E-state index is 12.3. The van der Waals surface area contributed by atoms with Gasteiger partial charge in [-0.25, -0.2) is 23.8 Å². The van der Waals surface area contributed by atoms with Gasteiger partial charge in [-0.3, -0.25) is 14.4 Å². The number of benzene rings is 1. The number of imidazole rings is 1. The summed E-state index contributed by atoms with van der Waals surface area (Å²) in [6.07, 6.45) is 5.40. The Hall–Kier alpha value is -3.82. The Bertz CT molecular complexity index is 1240. The van der Waals surface area contributed by atoms with E-state index in [2.05, 4.69) is 37.9 Å². The maximum Gasteiger partial charge on any atom is 0.242 e. The molecule has 0 spiro atoms. The number of hydrogen-bond donors (Lipinski definition) is 3. The Morgan fingerprint density at radius 2 is 2.15 bits per heavy atom. The van der Waals surface area contributed by atoms with Crippen LogP contribution in [0.3, 0.4) is 0 Å². The molecule has 1 aromatic heterocycles. The van der Waals surface area contributed by atoms with Crippen molar-refractivity contribution in [1.29, 1.82) is 5.26 Å². The van der Waals surface area contributed by atoms with Gasteiger partial charge < -0.3 is 10.7 Å². The highest BCUT2D eigenvalue weighted by molar-refractivity contribution is 7.91. The molecule has 1 aromatic carbocycles. The number of amidine groups is 1. The van der Waals surface area contributed by atoms with Crippen LogP contribution in [0.15, 0.2) is 52.9 Å². The second kappa shape index (κ2) is 11.4. The highest BCUT2D eigenvalue weighted by Crippen LogP contribution is 2.11. The lowest BCUT2D eigenvalue weighted by Crippen LogP contribution is -2.44. The van der Waals surface area contributed by atoms with Crippen molar-refractivity contribution in [3.63, 3.8) is 0 Å². The number of aryl methyl sites for hydroxylation is 1. The summed E-state index contributed by atoms with van der Waals surface area (Å²) < 4.78 is 25.1. The number of aliphatic imine (C=N–C) groups is 2. The van der Waals surface area contributed by atoms with Gasteiger partial charge in [-0.2, -0.15) is 5.26 Å². The lowest BCUT2D eigenvalue weighted by Gasteiger charge is -2.14. The molecule has 1 saturated heterocycles. The summed E-state index contributed by atoms with van der Waals surface area (Å²) in [4.78, 5) is 24.8. The Morgan fingerprint density at radius 3 is 2.74 bits per heavy atom. The number of amides is 1. The summed E-state index contributed by atoms with van der Waals surface area (Å²) in [5.74, 6) is 0.541. The average molecular weight is 483 g/mol. The van der Waals surface area contributed by atoms with Crippen molar-refractivity contribution >= 4 is 34.1 Å². The monoisotopic (exact) mass is 482 g/mol. The SMILES string of the molecule is C=N/C(=C\C(=NCC(=O)NCc1ccc(C#N)cc1)NNC1CCS(=O)(=O)C1)n1cnc(C)c1. The van der Waals surface area contributed by atoms with Crippen LogP contribution in [-0.4, -0.2) is 60.5 Å². The molecule has 3 N–H and O–H groups in total. The van der Waals surface area contributed by atoms with Gasteiger partial charge in [0.25, 0.3) is 0 Å². The van der Waals surface area contributed by atoms with Crippen LogP contribution in [0.25, 0.3) is 5.82 Å². The molecule has 34 heavy (non-hydrogen) atoms. The second-order valence-electron chi connectivity index (χ2n) is 7.74. The van der Waals surface area contributed by atoms with Crippen LogP contribution in [0.4, 0.5) is 0 Å². The van der Waals surface area contributed by atoms with E-state index in [4.69, 9.17) is 5.26 Å². The van der Waals surface area contributed by atoms with Gasteiger partial charge in [0.05, 0.1) is 28.8 Å². The van der Waals surface area contributed by atoms with E-state index in [1.807, 2.05) is 13.0 Å². The van der Waals surface area contributed by atoms with Crippen molar-refractivity contribution in [2.75, 3.05) is 18.1 Å². The third-order valence-corrected chi connectivity index (χ3v) is 6.77. The van der Waals surface area contributed by atoms with Crippen LogP contribution in [0.1, 0.15) is 23.2 Å². The first-order chi connectivity index (χ1) is 16.3. The zero-order valence-electron chi connectivity index (χ0n) is 18.7. The minimum Gasteiger partial charge on any atom is -0.350 e. The van der Waals surface area contributed by atoms with Crippen molar-refractivity contribution in [2.24, 2.45) is 9.98 Å². The Kier molecular flexibility index (Phi) is 8.29. The van der Waals surface area contributed by atoms with E-state index in [0.29, 0.717) is 24.4 Å². The van der Waals surface area contributed by atoms with E-state index in [1.54, 1.807) is 47.4 Å². The molecule has 2 aromatic rings. The summed E-state index contributed by atoms with van der Waals surface area (Å²) in [5.41, 5.74) is 8.07. The highest BCUT2D eigenvalue weighted by atomic mass is 32.2. The van der Waals surface area contributed by atoms with E-state index in [-0.39, 0.29) is 35.8 Å². The van der Waals surface area contributed by atoms with Crippen LogP contribution in [0, 0.1) is 18.3 Å². The zero-order chi connectivity index (χ0) is 24.6. The van der Waals surface area contributed by atoms with E-state index < -0.39 is 9.84 Å². The fourth-order valence-electron chi connectivity index (χ4n) is 3.19. The Labute approximate surface area is 198 Å². The van der Waals surface area contributed by atoms with Gasteiger partial charge in [0, 0.05) is 24.9 Å². The molecule has 12 heteroatoms. The minimum absolute atomic E-state index is 0.0232. The molecule has 1 unspecified atom stereocenters. The van der Waals surface area contributed by atoms with Gasteiger partial charge in [-0.15, -0.1) is 0 Å². The molecule has 3 rings (SSSR count). The fourth-order valence-corrected chi connectivity index (χ4v) is 4.86. The lowest BCUT2D eigenvalue weighted by atomic mass is 10.1. The Balaban J connectivity index is 1.68. The van der Waals surface area contributed by atoms with E-state index in [0.717, 1.165) is 11.3 Å². The predicted molar refractivity (Wildman–Crippen MR) is 129 cm³/mol.